The molecule has 0 aromatic carbocycles. The van der Waals surface area contributed by atoms with Crippen LogP contribution in [0.25, 0.3) is 0 Å². The van der Waals surface area contributed by atoms with Crippen LogP contribution in [0.2, 0.25) is 0 Å². The highest BCUT2D eigenvalue weighted by Crippen LogP contribution is 2.43. The minimum Gasteiger partial charge on any atom is -0.298 e. The molecule has 0 aromatic rings. The summed E-state index contributed by atoms with van der Waals surface area (Å²) in [6, 6.07) is 0. The first kappa shape index (κ1) is 12.9. The summed E-state index contributed by atoms with van der Waals surface area (Å²) in [6.45, 7) is 7.83. The second kappa shape index (κ2) is 4.77. The van der Waals surface area contributed by atoms with Gasteiger partial charge in [-0.05, 0) is 50.2 Å². The van der Waals surface area contributed by atoms with Crippen LogP contribution in [-0.4, -0.2) is 12.1 Å². The summed E-state index contributed by atoms with van der Waals surface area (Å²) >= 11 is 0. The summed E-state index contributed by atoms with van der Waals surface area (Å²) in [6.07, 6.45) is 5.53. The Morgan fingerprint density at radius 3 is 2.44 bits per heavy atom. The number of rotatable bonds is 3. The number of carbonyl (C=O) groups is 2. The van der Waals surface area contributed by atoms with Crippen molar-refractivity contribution in [2.24, 2.45) is 5.41 Å². The van der Waals surface area contributed by atoms with Crippen molar-refractivity contribution >= 4 is 12.1 Å². The van der Waals surface area contributed by atoms with Gasteiger partial charge in [-0.3, -0.25) is 9.59 Å². The fraction of sp³-hybridized carbons (Fsp3) is 0.571. The lowest BCUT2D eigenvalue weighted by atomic mass is 9.70. The second-order valence-corrected chi connectivity index (χ2v) is 5.22. The van der Waals surface area contributed by atoms with Gasteiger partial charge in [0.2, 0.25) is 0 Å². The molecule has 1 rings (SSSR count). The molecule has 0 unspecified atom stereocenters. The molecular weight excluding hydrogens is 200 g/mol. The van der Waals surface area contributed by atoms with Crippen molar-refractivity contribution in [1.29, 1.82) is 0 Å². The van der Waals surface area contributed by atoms with Crippen molar-refractivity contribution in [2.45, 2.75) is 47.0 Å². The van der Waals surface area contributed by atoms with E-state index in [-0.39, 0.29) is 11.2 Å². The topological polar surface area (TPSA) is 34.1 Å². The highest BCUT2D eigenvalue weighted by atomic mass is 16.1. The van der Waals surface area contributed by atoms with Crippen LogP contribution in [-0.2, 0) is 9.59 Å². The molecular formula is C14H20O2. The fourth-order valence-corrected chi connectivity index (χ4v) is 2.64. The summed E-state index contributed by atoms with van der Waals surface area (Å²) in [4.78, 5) is 22.2. The summed E-state index contributed by atoms with van der Waals surface area (Å²) < 4.78 is 0. The van der Waals surface area contributed by atoms with Crippen molar-refractivity contribution in [2.75, 3.05) is 0 Å². The van der Waals surface area contributed by atoms with Gasteiger partial charge in [-0.1, -0.05) is 19.4 Å². The first-order chi connectivity index (χ1) is 7.38. The number of aldehydes is 1. The normalized spacial score (nSPS) is 20.9. The third kappa shape index (κ3) is 2.69. The molecule has 0 aliphatic heterocycles. The molecule has 0 spiro atoms. The molecule has 0 aromatic heterocycles. The van der Waals surface area contributed by atoms with Crippen molar-refractivity contribution < 1.29 is 9.59 Å². The molecule has 0 N–H and O–H groups in total. The van der Waals surface area contributed by atoms with Crippen LogP contribution in [0, 0.1) is 5.41 Å². The molecule has 2 nitrogen and oxygen atoms in total. The van der Waals surface area contributed by atoms with Crippen molar-refractivity contribution in [3.8, 4) is 0 Å². The minimum atomic E-state index is -0.0660. The SMILES string of the molecule is CC(=O)C=C(C=O)C1=C(C)CCCC1(C)C. The van der Waals surface area contributed by atoms with Crippen LogP contribution >= 0.6 is 0 Å². The van der Waals surface area contributed by atoms with Gasteiger partial charge >= 0.3 is 0 Å². The van der Waals surface area contributed by atoms with Gasteiger partial charge in [0.25, 0.3) is 0 Å². The summed E-state index contributed by atoms with van der Waals surface area (Å²) in [5, 5.41) is 0. The molecule has 0 atom stereocenters. The first-order valence-corrected chi connectivity index (χ1v) is 5.76. The predicted molar refractivity (Wildman–Crippen MR) is 65.2 cm³/mol. The molecule has 88 valence electrons. The van der Waals surface area contributed by atoms with E-state index in [9.17, 15) is 9.59 Å². The van der Waals surface area contributed by atoms with Gasteiger partial charge < -0.3 is 0 Å². The Kier molecular flexibility index (Phi) is 3.84. The van der Waals surface area contributed by atoms with Crippen molar-refractivity contribution in [3.63, 3.8) is 0 Å². The van der Waals surface area contributed by atoms with Crippen molar-refractivity contribution in [1.82, 2.24) is 0 Å². The number of ketones is 1. The van der Waals surface area contributed by atoms with E-state index in [4.69, 9.17) is 0 Å². The fourth-order valence-electron chi connectivity index (χ4n) is 2.64. The third-order valence-electron chi connectivity index (χ3n) is 3.23. The van der Waals surface area contributed by atoms with E-state index >= 15 is 0 Å². The average molecular weight is 220 g/mol. The molecule has 0 saturated carbocycles. The molecule has 0 fully saturated rings. The molecule has 0 saturated heterocycles. The smallest absolute Gasteiger partial charge is 0.153 e. The van der Waals surface area contributed by atoms with Gasteiger partial charge in [0.05, 0.1) is 0 Å². The Morgan fingerprint density at radius 2 is 2.00 bits per heavy atom. The van der Waals surface area contributed by atoms with Gasteiger partial charge in [0.1, 0.15) is 6.29 Å². The molecule has 2 heteroatoms. The molecule has 1 aliphatic carbocycles. The quantitative estimate of drug-likeness (QED) is 0.540. The van der Waals surface area contributed by atoms with E-state index in [1.807, 2.05) is 0 Å². The Balaban J connectivity index is 3.26. The summed E-state index contributed by atoms with van der Waals surface area (Å²) in [5.74, 6) is -0.0660. The van der Waals surface area contributed by atoms with E-state index in [0.717, 1.165) is 31.1 Å². The van der Waals surface area contributed by atoms with Crippen LogP contribution in [0.3, 0.4) is 0 Å². The molecule has 0 bridgehead atoms. The number of allylic oxidation sites excluding steroid dienone is 4. The third-order valence-corrected chi connectivity index (χ3v) is 3.23. The number of hydrogen-bond donors (Lipinski definition) is 0. The zero-order valence-electron chi connectivity index (χ0n) is 10.6. The van der Waals surface area contributed by atoms with Gasteiger partial charge in [-0.2, -0.15) is 0 Å². The lowest BCUT2D eigenvalue weighted by Crippen LogP contribution is -2.22. The van der Waals surface area contributed by atoms with E-state index in [0.29, 0.717) is 5.57 Å². The largest absolute Gasteiger partial charge is 0.298 e. The second-order valence-electron chi connectivity index (χ2n) is 5.22. The summed E-state index contributed by atoms with van der Waals surface area (Å²) in [7, 11) is 0. The number of carbonyl (C=O) groups excluding carboxylic acids is 2. The highest BCUT2D eigenvalue weighted by molar-refractivity contribution is 5.96. The van der Waals surface area contributed by atoms with Crippen LogP contribution in [0.15, 0.2) is 22.8 Å². The zero-order chi connectivity index (χ0) is 12.3. The predicted octanol–water partition coefficient (Wildman–Crippen LogP) is 3.23. The van der Waals surface area contributed by atoms with Gasteiger partial charge in [-0.15, -0.1) is 0 Å². The average Bonchev–Trinajstić information content (AvgIpc) is 2.13. The van der Waals surface area contributed by atoms with E-state index in [2.05, 4.69) is 20.8 Å². The van der Waals surface area contributed by atoms with Crippen LogP contribution in [0.5, 0.6) is 0 Å². The lowest BCUT2D eigenvalue weighted by molar-refractivity contribution is -0.113. The Hall–Kier alpha value is -1.18. The van der Waals surface area contributed by atoms with Crippen LogP contribution < -0.4 is 0 Å². The maximum atomic E-state index is 11.1. The maximum Gasteiger partial charge on any atom is 0.153 e. The molecule has 1 aliphatic rings. The maximum absolute atomic E-state index is 11.1. The Labute approximate surface area is 97.4 Å². The molecule has 16 heavy (non-hydrogen) atoms. The summed E-state index contributed by atoms with van der Waals surface area (Å²) in [5.41, 5.74) is 2.89. The Morgan fingerprint density at radius 1 is 1.38 bits per heavy atom. The van der Waals surface area contributed by atoms with Gasteiger partial charge in [-0.25, -0.2) is 0 Å². The van der Waals surface area contributed by atoms with Gasteiger partial charge in [0, 0.05) is 5.57 Å². The Bertz CT molecular complexity index is 370. The molecule has 0 heterocycles. The monoisotopic (exact) mass is 220 g/mol. The van der Waals surface area contributed by atoms with E-state index < -0.39 is 0 Å². The van der Waals surface area contributed by atoms with Crippen molar-refractivity contribution in [3.05, 3.63) is 22.8 Å². The molecule has 0 amide bonds. The number of hydrogen-bond acceptors (Lipinski definition) is 2. The van der Waals surface area contributed by atoms with Crippen LogP contribution in [0.1, 0.15) is 47.0 Å². The highest BCUT2D eigenvalue weighted by Gasteiger charge is 2.30. The van der Waals surface area contributed by atoms with E-state index in [1.54, 1.807) is 0 Å². The van der Waals surface area contributed by atoms with Crippen LogP contribution in [0.4, 0.5) is 0 Å². The van der Waals surface area contributed by atoms with E-state index in [1.165, 1.54) is 18.6 Å². The standard InChI is InChI=1S/C14H20O2/c1-10-6-5-7-14(3,4)13(10)12(9-15)8-11(2)16/h8-9H,5-7H2,1-4H3. The molecule has 0 radical (unpaired) electrons. The first-order valence-electron chi connectivity index (χ1n) is 5.76. The lowest BCUT2D eigenvalue weighted by Gasteiger charge is -2.34. The minimum absolute atomic E-state index is 0.00449. The zero-order valence-corrected chi connectivity index (χ0v) is 10.6. The van der Waals surface area contributed by atoms with Gasteiger partial charge in [0.15, 0.2) is 5.78 Å².